The number of nitrogens with zero attached hydrogens (tertiary/aromatic N) is 2. The van der Waals surface area contributed by atoms with E-state index in [0.29, 0.717) is 17.4 Å². The zero-order valence-corrected chi connectivity index (χ0v) is 16.0. The van der Waals surface area contributed by atoms with Crippen molar-refractivity contribution in [3.05, 3.63) is 57.5 Å². The summed E-state index contributed by atoms with van der Waals surface area (Å²) in [5.74, 6) is 0.962. The lowest BCUT2D eigenvalue weighted by Gasteiger charge is -2.07. The Balaban J connectivity index is 1.87. The van der Waals surface area contributed by atoms with E-state index in [9.17, 15) is 5.11 Å². The number of ether oxygens (including phenoxy) is 1. The fourth-order valence-corrected chi connectivity index (χ4v) is 2.99. The van der Waals surface area contributed by atoms with Crippen molar-refractivity contribution in [1.82, 2.24) is 9.55 Å². The Morgan fingerprint density at radius 2 is 2.08 bits per heavy atom. The fraction of sp³-hybridized carbons (Fsp3) is 0.167. The van der Waals surface area contributed by atoms with E-state index in [1.165, 1.54) is 0 Å². The van der Waals surface area contributed by atoms with Gasteiger partial charge in [-0.15, -0.1) is 0 Å². The molecule has 2 aromatic carbocycles. The maximum atomic E-state index is 9.63. The minimum atomic E-state index is 0.272. The van der Waals surface area contributed by atoms with Crippen LogP contribution < -0.4 is 4.74 Å². The molecule has 4 nitrogen and oxygen atoms in total. The second kappa shape index (κ2) is 7.44. The van der Waals surface area contributed by atoms with Crippen molar-refractivity contribution in [3.63, 3.8) is 0 Å². The van der Waals surface area contributed by atoms with E-state index in [2.05, 4.69) is 34.5 Å². The van der Waals surface area contributed by atoms with E-state index in [-0.39, 0.29) is 5.75 Å². The molecule has 0 aliphatic carbocycles. The summed E-state index contributed by atoms with van der Waals surface area (Å²) in [6, 6.07) is 11.1. The molecule has 24 heavy (non-hydrogen) atoms. The molecule has 0 spiro atoms. The maximum absolute atomic E-state index is 9.63. The molecule has 3 aromatic rings. The molecule has 6 heteroatoms. The van der Waals surface area contributed by atoms with Crippen LogP contribution in [0.5, 0.6) is 11.5 Å². The lowest BCUT2D eigenvalue weighted by atomic mass is 10.1. The van der Waals surface area contributed by atoms with Gasteiger partial charge in [-0.25, -0.2) is 4.98 Å². The van der Waals surface area contributed by atoms with Crippen molar-refractivity contribution in [2.45, 2.75) is 13.3 Å². The van der Waals surface area contributed by atoms with E-state index in [1.807, 2.05) is 41.1 Å². The topological polar surface area (TPSA) is 47.3 Å². The highest BCUT2D eigenvalue weighted by Crippen LogP contribution is 2.30. The molecule has 0 amide bonds. The molecule has 0 saturated carbocycles. The first-order chi connectivity index (χ1) is 11.6. The molecule has 1 N–H and O–H groups in total. The van der Waals surface area contributed by atoms with E-state index < -0.39 is 0 Å². The van der Waals surface area contributed by atoms with Crippen molar-refractivity contribution in [3.8, 4) is 28.4 Å². The normalized spacial score (nSPS) is 10.8. The highest BCUT2D eigenvalue weighted by molar-refractivity contribution is 14.1. The zero-order chi connectivity index (χ0) is 17.1. The van der Waals surface area contributed by atoms with Crippen molar-refractivity contribution >= 4 is 34.2 Å². The van der Waals surface area contributed by atoms with Gasteiger partial charge >= 0.3 is 0 Å². The third-order valence-corrected chi connectivity index (χ3v) is 4.66. The van der Waals surface area contributed by atoms with E-state index in [1.54, 1.807) is 12.4 Å². The van der Waals surface area contributed by atoms with E-state index >= 15 is 0 Å². The number of halogens is 2. The number of aromatic nitrogens is 2. The van der Waals surface area contributed by atoms with Gasteiger partial charge < -0.3 is 14.4 Å². The molecule has 124 valence electrons. The number of aromatic hydroxyl groups is 1. The van der Waals surface area contributed by atoms with Crippen LogP contribution in [0.2, 0.25) is 5.02 Å². The molecule has 0 radical (unpaired) electrons. The van der Waals surface area contributed by atoms with E-state index in [0.717, 1.165) is 26.9 Å². The molecular formula is C18H16ClIN2O2. The third kappa shape index (κ3) is 3.67. The number of benzene rings is 2. The Labute approximate surface area is 159 Å². The molecular weight excluding hydrogens is 439 g/mol. The van der Waals surface area contributed by atoms with Crippen LogP contribution in [0.3, 0.4) is 0 Å². The zero-order valence-electron chi connectivity index (χ0n) is 13.0. The van der Waals surface area contributed by atoms with Crippen molar-refractivity contribution in [2.75, 3.05) is 6.61 Å². The lowest BCUT2D eigenvalue weighted by molar-refractivity contribution is 0.317. The summed E-state index contributed by atoms with van der Waals surface area (Å²) >= 11 is 8.39. The quantitative estimate of drug-likeness (QED) is 0.533. The molecule has 0 aliphatic rings. The average Bonchev–Trinajstić information content (AvgIpc) is 3.06. The van der Waals surface area contributed by atoms with Gasteiger partial charge in [0.1, 0.15) is 11.5 Å². The van der Waals surface area contributed by atoms with Crippen LogP contribution in [-0.4, -0.2) is 21.3 Å². The van der Waals surface area contributed by atoms with Crippen LogP contribution in [0.1, 0.15) is 13.3 Å². The second-order valence-electron chi connectivity index (χ2n) is 5.30. The van der Waals surface area contributed by atoms with Gasteiger partial charge in [0, 0.05) is 17.4 Å². The number of imidazole rings is 1. The molecule has 0 atom stereocenters. The number of hydrogen-bond donors (Lipinski definition) is 1. The van der Waals surface area contributed by atoms with E-state index in [4.69, 9.17) is 16.3 Å². The Morgan fingerprint density at radius 3 is 2.79 bits per heavy atom. The minimum Gasteiger partial charge on any atom is -0.507 e. The van der Waals surface area contributed by atoms with Crippen LogP contribution in [0, 0.1) is 3.57 Å². The fourth-order valence-electron chi connectivity index (χ4n) is 2.26. The van der Waals surface area contributed by atoms with Gasteiger partial charge in [-0.3, -0.25) is 0 Å². The van der Waals surface area contributed by atoms with Gasteiger partial charge in [-0.05, 0) is 65.4 Å². The maximum Gasteiger partial charge on any atom is 0.137 e. The van der Waals surface area contributed by atoms with Crippen molar-refractivity contribution in [1.29, 1.82) is 0 Å². The summed E-state index contributed by atoms with van der Waals surface area (Å²) in [4.78, 5) is 4.45. The first-order valence-corrected chi connectivity index (χ1v) is 8.99. The van der Waals surface area contributed by atoms with Crippen LogP contribution in [0.4, 0.5) is 0 Å². The second-order valence-corrected chi connectivity index (χ2v) is 6.86. The number of rotatable bonds is 5. The molecule has 0 fully saturated rings. The summed E-state index contributed by atoms with van der Waals surface area (Å²) in [5, 5.41) is 10.2. The van der Waals surface area contributed by atoms with Crippen LogP contribution in [-0.2, 0) is 0 Å². The summed E-state index contributed by atoms with van der Waals surface area (Å²) in [6.45, 7) is 2.70. The summed E-state index contributed by atoms with van der Waals surface area (Å²) < 4.78 is 8.30. The smallest absolute Gasteiger partial charge is 0.137 e. The Bertz CT molecular complexity index is 864. The van der Waals surface area contributed by atoms with Gasteiger partial charge in [0.05, 0.1) is 27.2 Å². The van der Waals surface area contributed by atoms with Crippen LogP contribution in [0.15, 0.2) is 48.9 Å². The van der Waals surface area contributed by atoms with Gasteiger partial charge in [0.2, 0.25) is 0 Å². The lowest BCUT2D eigenvalue weighted by Crippen LogP contribution is -1.95. The summed E-state index contributed by atoms with van der Waals surface area (Å²) in [6.07, 6.45) is 4.61. The molecule has 0 saturated heterocycles. The molecule has 1 aromatic heterocycles. The number of hydrogen-bond acceptors (Lipinski definition) is 3. The molecule has 0 bridgehead atoms. The van der Waals surface area contributed by atoms with Gasteiger partial charge in [0.15, 0.2) is 0 Å². The number of phenolic OH excluding ortho intramolecular Hbond substituents is 1. The minimum absolute atomic E-state index is 0.272. The predicted molar refractivity (Wildman–Crippen MR) is 104 cm³/mol. The Kier molecular flexibility index (Phi) is 5.30. The largest absolute Gasteiger partial charge is 0.507 e. The Hall–Kier alpha value is -1.73. The molecule has 0 aliphatic heterocycles. The highest BCUT2D eigenvalue weighted by Gasteiger charge is 2.09. The Morgan fingerprint density at radius 1 is 1.25 bits per heavy atom. The number of phenols is 1. The van der Waals surface area contributed by atoms with Gasteiger partial charge in [-0.2, -0.15) is 0 Å². The highest BCUT2D eigenvalue weighted by atomic mass is 127. The van der Waals surface area contributed by atoms with Crippen molar-refractivity contribution in [2.24, 2.45) is 0 Å². The first-order valence-electron chi connectivity index (χ1n) is 7.54. The van der Waals surface area contributed by atoms with Gasteiger partial charge in [-0.1, -0.05) is 18.5 Å². The van der Waals surface area contributed by atoms with Gasteiger partial charge in [0.25, 0.3) is 0 Å². The predicted octanol–water partition coefficient (Wildman–Crippen LogP) is 5.29. The standard InChI is InChI=1S/C18H16ClIN2O2/c1-2-7-24-18-6-3-12(8-14(18)19)16-10-22(11-21-16)13-4-5-17(23)15(20)9-13/h3-6,8-11,23H,2,7H2,1H3. The monoisotopic (exact) mass is 454 g/mol. The van der Waals surface area contributed by atoms with Crippen LogP contribution >= 0.6 is 34.2 Å². The molecule has 1 heterocycles. The van der Waals surface area contributed by atoms with Crippen molar-refractivity contribution < 1.29 is 9.84 Å². The molecule has 0 unspecified atom stereocenters. The SMILES string of the molecule is CCCOc1ccc(-c2cn(-c3ccc(O)c(I)c3)cn2)cc1Cl. The summed E-state index contributed by atoms with van der Waals surface area (Å²) in [7, 11) is 0. The summed E-state index contributed by atoms with van der Waals surface area (Å²) in [5.41, 5.74) is 2.68. The van der Waals surface area contributed by atoms with Crippen LogP contribution in [0.25, 0.3) is 16.9 Å². The third-order valence-electron chi connectivity index (χ3n) is 3.50. The first kappa shape index (κ1) is 17.1. The average molecular weight is 455 g/mol. The molecule has 3 rings (SSSR count).